The molecular formula is C18H14FNO2. The maximum absolute atomic E-state index is 13.3. The topological polar surface area (TPSA) is 50.2 Å². The molecule has 3 rings (SSSR count). The molecule has 1 unspecified atom stereocenters. The van der Waals surface area contributed by atoms with Gasteiger partial charge in [0.2, 0.25) is 0 Å². The lowest BCUT2D eigenvalue weighted by molar-refractivity contribution is -0.138. The maximum Gasteiger partial charge on any atom is 0.310 e. The number of aliphatic carboxylic acids is 1. The third kappa shape index (κ3) is 2.68. The molecule has 0 bridgehead atoms. The summed E-state index contributed by atoms with van der Waals surface area (Å²) < 4.78 is 13.3. The number of fused-ring (bicyclic) bond motifs is 1. The van der Waals surface area contributed by atoms with E-state index in [1.807, 2.05) is 18.2 Å². The van der Waals surface area contributed by atoms with Crippen molar-refractivity contribution >= 4 is 16.9 Å². The number of carboxylic acid groups (broad SMARTS) is 1. The molecule has 0 spiro atoms. The first kappa shape index (κ1) is 14.2. The largest absolute Gasteiger partial charge is 0.481 e. The van der Waals surface area contributed by atoms with Gasteiger partial charge in [0, 0.05) is 17.1 Å². The summed E-state index contributed by atoms with van der Waals surface area (Å²) >= 11 is 0. The van der Waals surface area contributed by atoms with Crippen LogP contribution in [0.15, 0.2) is 54.7 Å². The van der Waals surface area contributed by atoms with Crippen LogP contribution in [0, 0.1) is 5.82 Å². The van der Waals surface area contributed by atoms with Gasteiger partial charge in [0.1, 0.15) is 5.82 Å². The van der Waals surface area contributed by atoms with Crippen LogP contribution in [0.25, 0.3) is 22.0 Å². The Balaban J connectivity index is 2.10. The molecular weight excluding hydrogens is 281 g/mol. The van der Waals surface area contributed by atoms with E-state index in [-0.39, 0.29) is 5.82 Å². The Morgan fingerprint density at radius 3 is 2.68 bits per heavy atom. The number of pyridine rings is 1. The molecule has 1 atom stereocenters. The molecule has 0 fully saturated rings. The van der Waals surface area contributed by atoms with Crippen LogP contribution >= 0.6 is 0 Å². The molecule has 1 N–H and O–H groups in total. The van der Waals surface area contributed by atoms with E-state index < -0.39 is 11.9 Å². The minimum absolute atomic E-state index is 0.300. The zero-order chi connectivity index (χ0) is 15.7. The van der Waals surface area contributed by atoms with Crippen molar-refractivity contribution < 1.29 is 14.3 Å². The lowest BCUT2D eigenvalue weighted by Crippen LogP contribution is -2.07. The van der Waals surface area contributed by atoms with Crippen LogP contribution < -0.4 is 0 Å². The summed E-state index contributed by atoms with van der Waals surface area (Å²) in [4.78, 5) is 15.5. The molecule has 0 aliphatic heterocycles. The fourth-order valence-electron chi connectivity index (χ4n) is 2.39. The Labute approximate surface area is 127 Å². The molecule has 4 heteroatoms. The van der Waals surface area contributed by atoms with Gasteiger partial charge < -0.3 is 5.11 Å². The quantitative estimate of drug-likeness (QED) is 0.786. The monoisotopic (exact) mass is 295 g/mol. The second kappa shape index (κ2) is 5.56. The molecule has 1 heterocycles. The molecule has 0 aliphatic rings. The second-order valence-corrected chi connectivity index (χ2v) is 5.25. The van der Waals surface area contributed by atoms with E-state index in [9.17, 15) is 9.18 Å². The predicted octanol–water partition coefficient (Wildman–Crippen LogP) is 4.23. The van der Waals surface area contributed by atoms with Gasteiger partial charge in [-0.2, -0.15) is 0 Å². The minimum Gasteiger partial charge on any atom is -0.481 e. The molecule has 1 aromatic heterocycles. The smallest absolute Gasteiger partial charge is 0.310 e. The zero-order valence-corrected chi connectivity index (χ0v) is 12.0. The molecule has 110 valence electrons. The summed E-state index contributed by atoms with van der Waals surface area (Å²) in [5.41, 5.74) is 3.04. The van der Waals surface area contributed by atoms with Gasteiger partial charge in [-0.05, 0) is 48.4 Å². The van der Waals surface area contributed by atoms with E-state index in [0.717, 1.165) is 27.6 Å². The average Bonchev–Trinajstić information content (AvgIpc) is 2.53. The van der Waals surface area contributed by atoms with Crippen LogP contribution in [-0.4, -0.2) is 16.1 Å². The summed E-state index contributed by atoms with van der Waals surface area (Å²) in [6.45, 7) is 1.65. The first-order valence-corrected chi connectivity index (χ1v) is 6.93. The van der Waals surface area contributed by atoms with Crippen LogP contribution in [0.5, 0.6) is 0 Å². The third-order valence-electron chi connectivity index (χ3n) is 3.73. The Morgan fingerprint density at radius 2 is 1.95 bits per heavy atom. The van der Waals surface area contributed by atoms with Gasteiger partial charge in [-0.3, -0.25) is 9.78 Å². The van der Waals surface area contributed by atoms with Gasteiger partial charge >= 0.3 is 5.97 Å². The SMILES string of the molecule is CC(C(=O)O)c1ccc2ncc(-c3cccc(F)c3)cc2c1. The maximum atomic E-state index is 13.3. The summed E-state index contributed by atoms with van der Waals surface area (Å²) in [5.74, 6) is -1.75. The van der Waals surface area contributed by atoms with Gasteiger partial charge in [0.05, 0.1) is 11.4 Å². The molecule has 0 saturated carbocycles. The first-order valence-electron chi connectivity index (χ1n) is 6.93. The van der Waals surface area contributed by atoms with Gasteiger partial charge in [-0.1, -0.05) is 18.2 Å². The second-order valence-electron chi connectivity index (χ2n) is 5.25. The standard InChI is InChI=1S/C18H14FNO2/c1-11(18(21)22)12-5-6-17-14(7-12)8-15(10-20-17)13-3-2-4-16(19)9-13/h2-11H,1H3,(H,21,22). The molecule has 0 radical (unpaired) electrons. The lowest BCUT2D eigenvalue weighted by Gasteiger charge is -2.09. The number of hydrogen-bond donors (Lipinski definition) is 1. The van der Waals surface area contributed by atoms with Crippen molar-refractivity contribution in [1.29, 1.82) is 0 Å². The Kier molecular flexibility index (Phi) is 3.59. The van der Waals surface area contributed by atoms with Gasteiger partial charge in [0.15, 0.2) is 0 Å². The van der Waals surface area contributed by atoms with Crippen LogP contribution in [0.3, 0.4) is 0 Å². The zero-order valence-electron chi connectivity index (χ0n) is 12.0. The van der Waals surface area contributed by atoms with E-state index >= 15 is 0 Å². The number of rotatable bonds is 3. The Morgan fingerprint density at radius 1 is 1.14 bits per heavy atom. The van der Waals surface area contributed by atoms with Gasteiger partial charge in [-0.25, -0.2) is 4.39 Å². The highest BCUT2D eigenvalue weighted by Crippen LogP contribution is 2.26. The summed E-state index contributed by atoms with van der Waals surface area (Å²) in [6, 6.07) is 13.6. The van der Waals surface area contributed by atoms with Crippen molar-refractivity contribution in [3.63, 3.8) is 0 Å². The van der Waals surface area contributed by atoms with Crippen molar-refractivity contribution in [2.45, 2.75) is 12.8 Å². The predicted molar refractivity (Wildman–Crippen MR) is 83.2 cm³/mol. The number of halogens is 1. The van der Waals surface area contributed by atoms with E-state index in [2.05, 4.69) is 4.98 Å². The van der Waals surface area contributed by atoms with Crippen LogP contribution in [0.1, 0.15) is 18.4 Å². The number of benzene rings is 2. The highest BCUT2D eigenvalue weighted by Gasteiger charge is 2.14. The molecule has 0 saturated heterocycles. The van der Waals surface area contributed by atoms with E-state index in [0.29, 0.717) is 0 Å². The lowest BCUT2D eigenvalue weighted by atomic mass is 9.98. The average molecular weight is 295 g/mol. The van der Waals surface area contributed by atoms with Crippen molar-refractivity contribution in [3.8, 4) is 11.1 Å². The van der Waals surface area contributed by atoms with Gasteiger partial charge in [-0.15, -0.1) is 0 Å². The number of carboxylic acids is 1. The van der Waals surface area contributed by atoms with Crippen LogP contribution in [0.2, 0.25) is 0 Å². The number of carbonyl (C=O) groups is 1. The van der Waals surface area contributed by atoms with Crippen molar-refractivity contribution in [2.75, 3.05) is 0 Å². The fourth-order valence-corrected chi connectivity index (χ4v) is 2.39. The Bertz CT molecular complexity index is 861. The highest BCUT2D eigenvalue weighted by atomic mass is 19.1. The van der Waals surface area contributed by atoms with E-state index in [1.54, 1.807) is 31.3 Å². The van der Waals surface area contributed by atoms with Crippen molar-refractivity contribution in [1.82, 2.24) is 4.98 Å². The molecule has 3 nitrogen and oxygen atoms in total. The van der Waals surface area contributed by atoms with E-state index in [4.69, 9.17) is 5.11 Å². The number of aromatic nitrogens is 1. The summed E-state index contributed by atoms with van der Waals surface area (Å²) in [7, 11) is 0. The molecule has 0 amide bonds. The van der Waals surface area contributed by atoms with Crippen molar-refractivity contribution in [3.05, 3.63) is 66.1 Å². The number of nitrogens with zero attached hydrogens (tertiary/aromatic N) is 1. The van der Waals surface area contributed by atoms with Gasteiger partial charge in [0.25, 0.3) is 0 Å². The summed E-state index contributed by atoms with van der Waals surface area (Å²) in [5, 5.41) is 9.95. The number of hydrogen-bond acceptors (Lipinski definition) is 2. The molecule has 3 aromatic rings. The molecule has 2 aromatic carbocycles. The summed E-state index contributed by atoms with van der Waals surface area (Å²) in [6.07, 6.45) is 1.69. The van der Waals surface area contributed by atoms with Crippen LogP contribution in [-0.2, 0) is 4.79 Å². The van der Waals surface area contributed by atoms with Crippen LogP contribution in [0.4, 0.5) is 4.39 Å². The molecule has 22 heavy (non-hydrogen) atoms. The fraction of sp³-hybridized carbons (Fsp3) is 0.111. The molecule has 0 aliphatic carbocycles. The minimum atomic E-state index is -0.867. The third-order valence-corrected chi connectivity index (χ3v) is 3.73. The van der Waals surface area contributed by atoms with Crippen molar-refractivity contribution in [2.24, 2.45) is 0 Å². The Hall–Kier alpha value is -2.75. The van der Waals surface area contributed by atoms with E-state index in [1.165, 1.54) is 12.1 Å². The first-order chi connectivity index (χ1) is 10.5. The highest BCUT2D eigenvalue weighted by molar-refractivity contribution is 5.86. The normalized spacial score (nSPS) is 12.3.